The SMILES string of the molecule is Cc1nn(C2CCS(=O)(=O)C2)c(C)c1N1CCN(C(=O)c2ccccc2C(F)(F)F)CC1. The lowest BCUT2D eigenvalue weighted by molar-refractivity contribution is -0.138. The largest absolute Gasteiger partial charge is 0.417 e. The van der Waals surface area contributed by atoms with Gasteiger partial charge in [0, 0.05) is 26.2 Å². The van der Waals surface area contributed by atoms with Gasteiger partial charge in [-0.05, 0) is 32.4 Å². The summed E-state index contributed by atoms with van der Waals surface area (Å²) in [6, 6.07) is 4.66. The number of carbonyl (C=O) groups excluding carboxylic acids is 1. The molecule has 4 rings (SSSR count). The zero-order valence-corrected chi connectivity index (χ0v) is 18.7. The lowest BCUT2D eigenvalue weighted by Gasteiger charge is -2.36. The van der Waals surface area contributed by atoms with Gasteiger partial charge in [0.15, 0.2) is 9.84 Å². The van der Waals surface area contributed by atoms with Crippen LogP contribution >= 0.6 is 0 Å². The van der Waals surface area contributed by atoms with Gasteiger partial charge >= 0.3 is 6.18 Å². The van der Waals surface area contributed by atoms with Crippen LogP contribution in [0.25, 0.3) is 0 Å². The van der Waals surface area contributed by atoms with Crippen molar-refractivity contribution in [3.05, 3.63) is 46.8 Å². The minimum Gasteiger partial charge on any atom is -0.365 e. The van der Waals surface area contributed by atoms with Gasteiger partial charge in [0.05, 0.1) is 45.7 Å². The van der Waals surface area contributed by atoms with E-state index < -0.39 is 27.5 Å². The quantitative estimate of drug-likeness (QED) is 0.690. The van der Waals surface area contributed by atoms with Crippen molar-refractivity contribution in [3.63, 3.8) is 0 Å². The number of amides is 1. The summed E-state index contributed by atoms with van der Waals surface area (Å²) in [5.74, 6) is -0.390. The molecule has 2 fully saturated rings. The van der Waals surface area contributed by atoms with E-state index in [4.69, 9.17) is 0 Å². The highest BCUT2D eigenvalue weighted by Gasteiger charge is 2.37. The first kappa shape index (κ1) is 22.6. The Bertz CT molecular complexity index is 1140. The van der Waals surface area contributed by atoms with Crippen molar-refractivity contribution in [2.45, 2.75) is 32.5 Å². The van der Waals surface area contributed by atoms with Crippen molar-refractivity contribution in [1.29, 1.82) is 0 Å². The predicted octanol–water partition coefficient (Wildman–Crippen LogP) is 2.84. The second-order valence-electron chi connectivity index (χ2n) is 8.34. The van der Waals surface area contributed by atoms with Gasteiger partial charge in [0.1, 0.15) is 0 Å². The van der Waals surface area contributed by atoms with Crippen LogP contribution < -0.4 is 4.90 Å². The smallest absolute Gasteiger partial charge is 0.365 e. The van der Waals surface area contributed by atoms with Crippen molar-refractivity contribution in [1.82, 2.24) is 14.7 Å². The summed E-state index contributed by atoms with van der Waals surface area (Å²) in [5.41, 5.74) is 1.28. The Balaban J connectivity index is 1.49. The van der Waals surface area contributed by atoms with Crippen molar-refractivity contribution in [2.75, 3.05) is 42.6 Å². The molecular formula is C21H25F3N4O3S. The average Bonchev–Trinajstić information content (AvgIpc) is 3.25. The first-order valence-electron chi connectivity index (χ1n) is 10.4. The molecule has 0 N–H and O–H groups in total. The fraction of sp³-hybridized carbons (Fsp3) is 0.524. The zero-order valence-electron chi connectivity index (χ0n) is 17.9. The number of rotatable bonds is 3. The van der Waals surface area contributed by atoms with Crippen LogP contribution in [0.2, 0.25) is 0 Å². The van der Waals surface area contributed by atoms with E-state index in [0.29, 0.717) is 19.5 Å². The lowest BCUT2D eigenvalue weighted by atomic mass is 10.1. The van der Waals surface area contributed by atoms with E-state index in [1.165, 1.54) is 23.1 Å². The molecule has 1 amide bonds. The number of alkyl halides is 3. The number of sulfone groups is 1. The van der Waals surface area contributed by atoms with Crippen molar-refractivity contribution >= 4 is 21.4 Å². The fourth-order valence-electron chi connectivity index (χ4n) is 4.66. The summed E-state index contributed by atoms with van der Waals surface area (Å²) in [6.45, 7) is 5.24. The maximum atomic E-state index is 13.3. The minimum absolute atomic E-state index is 0.0787. The fourth-order valence-corrected chi connectivity index (χ4v) is 6.35. The molecule has 0 radical (unpaired) electrons. The predicted molar refractivity (Wildman–Crippen MR) is 114 cm³/mol. The van der Waals surface area contributed by atoms with Gasteiger partial charge in [-0.15, -0.1) is 0 Å². The van der Waals surface area contributed by atoms with Gasteiger partial charge in [-0.25, -0.2) is 8.42 Å². The molecular weight excluding hydrogens is 445 g/mol. The summed E-state index contributed by atoms with van der Waals surface area (Å²) in [6.07, 6.45) is -4.06. The molecule has 3 heterocycles. The maximum Gasteiger partial charge on any atom is 0.417 e. The number of aromatic nitrogens is 2. The molecule has 11 heteroatoms. The third-order valence-electron chi connectivity index (χ3n) is 6.19. The number of anilines is 1. The Morgan fingerprint density at radius 1 is 1.09 bits per heavy atom. The standard InChI is InChI=1S/C21H25F3N4O3S/c1-14-19(15(2)28(25-14)16-7-12-32(30,31)13-16)26-8-10-27(11-9-26)20(29)17-5-3-4-6-18(17)21(22,23)24/h3-6,16H,7-13H2,1-2H3. The second-order valence-corrected chi connectivity index (χ2v) is 10.6. The number of carbonyl (C=O) groups is 1. The molecule has 174 valence electrons. The van der Waals surface area contributed by atoms with Crippen molar-refractivity contribution < 1.29 is 26.4 Å². The van der Waals surface area contributed by atoms with E-state index in [1.54, 1.807) is 4.68 Å². The normalized spacial score (nSPS) is 21.2. The Hall–Kier alpha value is -2.56. The van der Waals surface area contributed by atoms with E-state index >= 15 is 0 Å². The molecule has 2 aliphatic rings. The molecule has 7 nitrogen and oxygen atoms in total. The average molecular weight is 471 g/mol. The number of piperazine rings is 1. The number of halogens is 3. The number of hydrogen-bond acceptors (Lipinski definition) is 5. The Morgan fingerprint density at radius 2 is 1.75 bits per heavy atom. The number of nitrogens with zero attached hydrogens (tertiary/aromatic N) is 4. The zero-order chi connectivity index (χ0) is 23.3. The van der Waals surface area contributed by atoms with Crippen LogP contribution in [0.3, 0.4) is 0 Å². The summed E-state index contributed by atoms with van der Waals surface area (Å²) >= 11 is 0. The highest BCUT2D eigenvalue weighted by atomic mass is 32.2. The summed E-state index contributed by atoms with van der Waals surface area (Å²) in [5, 5.41) is 4.58. The molecule has 1 atom stereocenters. The molecule has 1 aromatic carbocycles. The van der Waals surface area contributed by atoms with Crippen LogP contribution in [0, 0.1) is 13.8 Å². The molecule has 1 unspecified atom stereocenters. The number of hydrogen-bond donors (Lipinski definition) is 0. The van der Waals surface area contributed by atoms with Crippen LogP contribution in [0.15, 0.2) is 24.3 Å². The van der Waals surface area contributed by atoms with E-state index in [2.05, 4.69) is 10.00 Å². The van der Waals surface area contributed by atoms with Crippen molar-refractivity contribution in [3.8, 4) is 0 Å². The van der Waals surface area contributed by atoms with E-state index in [0.717, 1.165) is 23.1 Å². The molecule has 2 aromatic rings. The number of aryl methyl sites for hydroxylation is 1. The Labute approximate surface area is 184 Å². The molecule has 1 aromatic heterocycles. The Kier molecular flexibility index (Phi) is 5.72. The molecule has 2 aliphatic heterocycles. The number of benzene rings is 1. The first-order chi connectivity index (χ1) is 15.0. The van der Waals surface area contributed by atoms with Crippen LogP contribution in [0.1, 0.15) is 39.8 Å². The molecule has 0 spiro atoms. The topological polar surface area (TPSA) is 75.5 Å². The van der Waals surface area contributed by atoms with Crippen LogP contribution in [-0.2, 0) is 16.0 Å². The van der Waals surface area contributed by atoms with Gasteiger partial charge in [-0.1, -0.05) is 12.1 Å². The van der Waals surface area contributed by atoms with Gasteiger partial charge < -0.3 is 9.80 Å². The van der Waals surface area contributed by atoms with Crippen LogP contribution in [-0.4, -0.2) is 66.7 Å². The molecule has 0 bridgehead atoms. The van der Waals surface area contributed by atoms with E-state index in [9.17, 15) is 26.4 Å². The highest BCUT2D eigenvalue weighted by molar-refractivity contribution is 7.91. The molecule has 32 heavy (non-hydrogen) atoms. The van der Waals surface area contributed by atoms with Gasteiger partial charge in [-0.2, -0.15) is 18.3 Å². The van der Waals surface area contributed by atoms with Crippen LogP contribution in [0.4, 0.5) is 18.9 Å². The Morgan fingerprint density at radius 3 is 2.34 bits per heavy atom. The summed E-state index contributed by atoms with van der Waals surface area (Å²) in [4.78, 5) is 16.3. The van der Waals surface area contributed by atoms with Crippen molar-refractivity contribution in [2.24, 2.45) is 0 Å². The van der Waals surface area contributed by atoms with Gasteiger partial charge in [0.25, 0.3) is 5.91 Å². The molecule has 2 saturated heterocycles. The lowest BCUT2D eigenvalue weighted by Crippen LogP contribution is -2.49. The van der Waals surface area contributed by atoms with E-state index in [1.807, 2.05) is 13.8 Å². The monoisotopic (exact) mass is 470 g/mol. The molecule has 0 aliphatic carbocycles. The third kappa shape index (κ3) is 4.22. The second kappa shape index (κ2) is 8.09. The first-order valence-corrected chi connectivity index (χ1v) is 12.3. The highest BCUT2D eigenvalue weighted by Crippen LogP contribution is 2.34. The minimum atomic E-state index is -4.59. The summed E-state index contributed by atoms with van der Waals surface area (Å²) < 4.78 is 65.4. The van der Waals surface area contributed by atoms with Gasteiger partial charge in [0.2, 0.25) is 0 Å². The maximum absolute atomic E-state index is 13.3. The third-order valence-corrected chi connectivity index (χ3v) is 7.94. The van der Waals surface area contributed by atoms with Crippen LogP contribution in [0.5, 0.6) is 0 Å². The molecule has 0 saturated carbocycles. The van der Waals surface area contributed by atoms with Gasteiger partial charge in [-0.3, -0.25) is 9.48 Å². The van der Waals surface area contributed by atoms with E-state index in [-0.39, 0.29) is 36.2 Å². The summed E-state index contributed by atoms with van der Waals surface area (Å²) in [7, 11) is -3.04.